The van der Waals surface area contributed by atoms with Gasteiger partial charge in [0.15, 0.2) is 5.78 Å². The lowest BCUT2D eigenvalue weighted by Gasteiger charge is -2.07. The monoisotopic (exact) mass is 358 g/mol. The standard InChI is InChI=1S/C18H11FO3S2/c19-12-5-8-16(22-18(21)17-4-2-10-24-17)14(11-12)15(20)7-6-13-3-1-9-23-13/h1-11H. The molecule has 3 nitrogen and oxygen atoms in total. The van der Waals surface area contributed by atoms with Crippen molar-refractivity contribution >= 4 is 40.5 Å². The van der Waals surface area contributed by atoms with Gasteiger partial charge in [0.25, 0.3) is 0 Å². The molecule has 0 radical (unpaired) electrons. The van der Waals surface area contributed by atoms with Gasteiger partial charge in [-0.05, 0) is 53.2 Å². The van der Waals surface area contributed by atoms with Gasteiger partial charge in [-0.25, -0.2) is 9.18 Å². The second-order valence-electron chi connectivity index (χ2n) is 4.72. The molecular weight excluding hydrogens is 347 g/mol. The summed E-state index contributed by atoms with van der Waals surface area (Å²) in [6, 6.07) is 10.6. The lowest BCUT2D eigenvalue weighted by atomic mass is 10.1. The fourth-order valence-electron chi connectivity index (χ4n) is 1.96. The molecule has 0 atom stereocenters. The van der Waals surface area contributed by atoms with Gasteiger partial charge in [-0.15, -0.1) is 22.7 Å². The van der Waals surface area contributed by atoms with Crippen molar-refractivity contribution in [3.05, 3.63) is 80.4 Å². The summed E-state index contributed by atoms with van der Waals surface area (Å²) in [4.78, 5) is 25.7. The maximum absolute atomic E-state index is 13.5. The Hall–Kier alpha value is -2.57. The highest BCUT2D eigenvalue weighted by Gasteiger charge is 2.16. The van der Waals surface area contributed by atoms with E-state index in [1.807, 2.05) is 17.5 Å². The number of esters is 1. The van der Waals surface area contributed by atoms with Gasteiger partial charge in [0.1, 0.15) is 16.4 Å². The van der Waals surface area contributed by atoms with E-state index in [2.05, 4.69) is 0 Å². The van der Waals surface area contributed by atoms with Crippen LogP contribution in [0.5, 0.6) is 5.75 Å². The average Bonchev–Trinajstić information content (AvgIpc) is 3.27. The molecule has 0 saturated carbocycles. The van der Waals surface area contributed by atoms with Crippen LogP contribution >= 0.6 is 22.7 Å². The minimum absolute atomic E-state index is 0.00714. The SMILES string of the molecule is O=C(Oc1ccc(F)cc1C(=O)C=Cc1cccs1)c1cccs1. The Morgan fingerprint density at radius 1 is 1.04 bits per heavy atom. The Labute approximate surface area is 145 Å². The van der Waals surface area contributed by atoms with Crippen molar-refractivity contribution in [1.29, 1.82) is 0 Å². The number of halogens is 1. The van der Waals surface area contributed by atoms with Crippen LogP contribution in [-0.2, 0) is 0 Å². The smallest absolute Gasteiger partial charge is 0.353 e. The Bertz CT molecular complexity index is 881. The molecule has 2 heterocycles. The van der Waals surface area contributed by atoms with Crippen molar-refractivity contribution in [2.75, 3.05) is 0 Å². The van der Waals surface area contributed by atoms with Crippen molar-refractivity contribution in [3.8, 4) is 5.75 Å². The van der Waals surface area contributed by atoms with Gasteiger partial charge in [0, 0.05) is 4.88 Å². The third-order valence-corrected chi connectivity index (χ3v) is 4.76. The van der Waals surface area contributed by atoms with E-state index in [4.69, 9.17) is 4.74 Å². The van der Waals surface area contributed by atoms with Gasteiger partial charge in [-0.2, -0.15) is 0 Å². The van der Waals surface area contributed by atoms with E-state index in [0.29, 0.717) is 4.88 Å². The first-order valence-corrected chi connectivity index (χ1v) is 8.70. The predicted molar refractivity (Wildman–Crippen MR) is 93.4 cm³/mol. The van der Waals surface area contributed by atoms with Gasteiger partial charge < -0.3 is 4.74 Å². The molecule has 24 heavy (non-hydrogen) atoms. The molecule has 120 valence electrons. The highest BCUT2D eigenvalue weighted by atomic mass is 32.1. The van der Waals surface area contributed by atoms with E-state index in [0.717, 1.165) is 17.0 Å². The van der Waals surface area contributed by atoms with Gasteiger partial charge in [-0.3, -0.25) is 4.79 Å². The lowest BCUT2D eigenvalue weighted by Crippen LogP contribution is -2.10. The number of hydrogen-bond donors (Lipinski definition) is 0. The molecule has 0 saturated heterocycles. The molecule has 0 N–H and O–H groups in total. The van der Waals surface area contributed by atoms with Crippen molar-refractivity contribution in [2.24, 2.45) is 0 Å². The van der Waals surface area contributed by atoms with Gasteiger partial charge >= 0.3 is 5.97 Å². The van der Waals surface area contributed by atoms with Crippen molar-refractivity contribution in [3.63, 3.8) is 0 Å². The zero-order chi connectivity index (χ0) is 16.9. The summed E-state index contributed by atoms with van der Waals surface area (Å²) in [5, 5.41) is 3.64. The van der Waals surface area contributed by atoms with E-state index in [1.54, 1.807) is 23.6 Å². The van der Waals surface area contributed by atoms with Crippen LogP contribution in [0.1, 0.15) is 24.9 Å². The number of allylic oxidation sites excluding steroid dienone is 1. The third kappa shape index (κ3) is 3.84. The minimum atomic E-state index is -0.576. The lowest BCUT2D eigenvalue weighted by molar-refractivity contribution is 0.0738. The van der Waals surface area contributed by atoms with Gasteiger partial charge in [0.05, 0.1) is 5.56 Å². The Morgan fingerprint density at radius 2 is 1.83 bits per heavy atom. The molecule has 0 aliphatic rings. The van der Waals surface area contributed by atoms with Crippen LogP contribution in [0.3, 0.4) is 0 Å². The van der Waals surface area contributed by atoms with Crippen LogP contribution in [-0.4, -0.2) is 11.8 Å². The first-order chi connectivity index (χ1) is 11.6. The summed E-state index contributed by atoms with van der Waals surface area (Å²) in [6.45, 7) is 0. The molecule has 0 aliphatic heterocycles. The summed E-state index contributed by atoms with van der Waals surface area (Å²) in [7, 11) is 0. The summed E-state index contributed by atoms with van der Waals surface area (Å²) >= 11 is 2.71. The van der Waals surface area contributed by atoms with Gasteiger partial charge in [-0.1, -0.05) is 12.1 Å². The Kier molecular flexibility index (Phi) is 4.98. The molecule has 0 aliphatic carbocycles. The van der Waals surface area contributed by atoms with E-state index < -0.39 is 17.6 Å². The number of thiophene rings is 2. The first kappa shape index (κ1) is 16.3. The molecule has 0 amide bonds. The van der Waals surface area contributed by atoms with E-state index in [9.17, 15) is 14.0 Å². The largest absolute Gasteiger partial charge is 0.422 e. The quantitative estimate of drug-likeness (QED) is 0.277. The molecule has 2 aromatic heterocycles. The van der Waals surface area contributed by atoms with E-state index in [-0.39, 0.29) is 11.3 Å². The number of rotatable bonds is 5. The third-order valence-electron chi connectivity index (χ3n) is 3.07. The second-order valence-corrected chi connectivity index (χ2v) is 6.65. The number of ether oxygens (including phenoxy) is 1. The molecule has 0 unspecified atom stereocenters. The molecule has 0 spiro atoms. The molecule has 3 aromatic rings. The molecule has 1 aromatic carbocycles. The zero-order valence-corrected chi connectivity index (χ0v) is 13.9. The van der Waals surface area contributed by atoms with E-state index >= 15 is 0 Å². The number of carbonyl (C=O) groups excluding carboxylic acids is 2. The van der Waals surface area contributed by atoms with Crippen LogP contribution in [0.4, 0.5) is 4.39 Å². The number of hydrogen-bond acceptors (Lipinski definition) is 5. The summed E-state index contributed by atoms with van der Waals surface area (Å²) < 4.78 is 18.8. The molecule has 6 heteroatoms. The van der Waals surface area contributed by atoms with Crippen molar-refractivity contribution in [1.82, 2.24) is 0 Å². The zero-order valence-electron chi connectivity index (χ0n) is 12.3. The van der Waals surface area contributed by atoms with Crippen molar-refractivity contribution in [2.45, 2.75) is 0 Å². The molecule has 0 fully saturated rings. The fraction of sp³-hybridized carbons (Fsp3) is 0. The normalized spacial score (nSPS) is 10.9. The second kappa shape index (κ2) is 7.33. The number of ketones is 1. The van der Waals surface area contributed by atoms with Gasteiger partial charge in [0.2, 0.25) is 0 Å². The number of carbonyl (C=O) groups is 2. The first-order valence-electron chi connectivity index (χ1n) is 6.94. The van der Waals surface area contributed by atoms with Crippen LogP contribution in [0.25, 0.3) is 6.08 Å². The maximum atomic E-state index is 13.5. The molecule has 0 bridgehead atoms. The Balaban J connectivity index is 1.85. The molecule has 3 rings (SSSR count). The highest BCUT2D eigenvalue weighted by molar-refractivity contribution is 7.12. The highest BCUT2D eigenvalue weighted by Crippen LogP contribution is 2.23. The number of benzene rings is 1. The minimum Gasteiger partial charge on any atom is -0.422 e. The molecular formula is C18H11FO3S2. The van der Waals surface area contributed by atoms with Crippen LogP contribution in [0, 0.1) is 5.82 Å². The van der Waals surface area contributed by atoms with Crippen LogP contribution < -0.4 is 4.74 Å². The summed E-state index contributed by atoms with van der Waals surface area (Å²) in [5.41, 5.74) is 0.00714. The van der Waals surface area contributed by atoms with Crippen LogP contribution in [0.2, 0.25) is 0 Å². The topological polar surface area (TPSA) is 43.4 Å². The average molecular weight is 358 g/mol. The summed E-state index contributed by atoms with van der Waals surface area (Å²) in [6.07, 6.45) is 2.98. The van der Waals surface area contributed by atoms with E-state index in [1.165, 1.54) is 34.8 Å². The maximum Gasteiger partial charge on any atom is 0.353 e. The van der Waals surface area contributed by atoms with Crippen molar-refractivity contribution < 1.29 is 18.7 Å². The summed E-state index contributed by atoms with van der Waals surface area (Å²) in [5.74, 6) is -1.54. The van der Waals surface area contributed by atoms with Crippen LogP contribution in [0.15, 0.2) is 59.3 Å². The fourth-order valence-corrected chi connectivity index (χ4v) is 3.18. The Morgan fingerprint density at radius 3 is 2.54 bits per heavy atom. The predicted octanol–water partition coefficient (Wildman–Crippen LogP) is 5.06.